The van der Waals surface area contributed by atoms with Crippen molar-refractivity contribution in [3.63, 3.8) is 0 Å². The first-order chi connectivity index (χ1) is 19.1. The van der Waals surface area contributed by atoms with Crippen molar-refractivity contribution < 1.29 is 19.1 Å². The molecule has 3 heterocycles. The molecule has 2 aliphatic heterocycles. The molecule has 7 nitrogen and oxygen atoms in total. The molecular weight excluding hydrogens is 490 g/mol. The Balaban J connectivity index is 0.965. The van der Waals surface area contributed by atoms with E-state index in [0.29, 0.717) is 37.9 Å². The summed E-state index contributed by atoms with van der Waals surface area (Å²) < 4.78 is 10.9. The van der Waals surface area contributed by atoms with Gasteiger partial charge in [0.15, 0.2) is 11.5 Å². The Labute approximate surface area is 228 Å². The van der Waals surface area contributed by atoms with Crippen LogP contribution in [-0.4, -0.2) is 59.4 Å². The second-order valence-electron chi connectivity index (χ2n) is 10.2. The first-order valence-electron chi connectivity index (χ1n) is 13.4. The lowest BCUT2D eigenvalue weighted by atomic mass is 10.00. The quantitative estimate of drug-likeness (QED) is 0.336. The van der Waals surface area contributed by atoms with E-state index in [4.69, 9.17) is 9.47 Å². The van der Waals surface area contributed by atoms with Gasteiger partial charge in [0.2, 0.25) is 6.79 Å². The van der Waals surface area contributed by atoms with Gasteiger partial charge in [-0.05, 0) is 58.8 Å². The number of amides is 1. The number of carbonyl (C=O) groups is 2. The largest absolute Gasteiger partial charge is 0.454 e. The van der Waals surface area contributed by atoms with E-state index in [9.17, 15) is 9.59 Å². The maximum atomic E-state index is 13.1. The minimum absolute atomic E-state index is 0.0619. The van der Waals surface area contributed by atoms with Crippen molar-refractivity contribution in [2.75, 3.05) is 33.0 Å². The SMILES string of the molecule is O=C(CCc1ccc(C(=O)N2CCN(Cc3ccc4c(c3)OCO4)CC2)cc1)Cc1ccc2cnccc2c1. The Morgan fingerprint density at radius 2 is 1.54 bits per heavy atom. The van der Waals surface area contributed by atoms with Gasteiger partial charge in [0.25, 0.3) is 5.91 Å². The molecule has 0 saturated carbocycles. The van der Waals surface area contributed by atoms with Crippen LogP contribution in [-0.2, 0) is 24.2 Å². The number of rotatable bonds is 8. The predicted molar refractivity (Wildman–Crippen MR) is 149 cm³/mol. The molecule has 6 rings (SSSR count). The molecule has 0 radical (unpaired) electrons. The number of ether oxygens (including phenoxy) is 2. The van der Waals surface area contributed by atoms with E-state index in [1.165, 1.54) is 5.56 Å². The van der Waals surface area contributed by atoms with Crippen LogP contribution in [0.25, 0.3) is 10.8 Å². The predicted octanol–water partition coefficient (Wildman–Crippen LogP) is 4.67. The number of carbonyl (C=O) groups excluding carboxylic acids is 2. The summed E-state index contributed by atoms with van der Waals surface area (Å²) in [5.74, 6) is 1.87. The summed E-state index contributed by atoms with van der Waals surface area (Å²) in [6, 6.07) is 21.8. The van der Waals surface area contributed by atoms with Crippen molar-refractivity contribution in [2.24, 2.45) is 0 Å². The molecule has 0 spiro atoms. The standard InChI is InChI=1S/C32H31N3O4/c36-29(18-24-3-8-28-20-33-12-11-27(28)17-24)9-4-23-1-6-26(7-2-23)32(37)35-15-13-34(14-16-35)21-25-5-10-30-31(19-25)39-22-38-30/h1-3,5-8,10-12,17,19-20H,4,9,13-16,18,21-22H2. The Morgan fingerprint density at radius 1 is 0.769 bits per heavy atom. The van der Waals surface area contributed by atoms with Crippen molar-refractivity contribution >= 4 is 22.5 Å². The lowest BCUT2D eigenvalue weighted by Gasteiger charge is -2.34. The molecule has 0 bridgehead atoms. The first kappa shape index (κ1) is 25.1. The number of nitrogens with zero attached hydrogens (tertiary/aromatic N) is 3. The van der Waals surface area contributed by atoms with E-state index in [2.05, 4.69) is 22.0 Å². The van der Waals surface area contributed by atoms with Gasteiger partial charge in [-0.3, -0.25) is 19.5 Å². The average Bonchev–Trinajstić information content (AvgIpc) is 3.44. The number of fused-ring (bicyclic) bond motifs is 2. The van der Waals surface area contributed by atoms with E-state index in [0.717, 1.165) is 53.0 Å². The Hall–Kier alpha value is -4.23. The van der Waals surface area contributed by atoms with Crippen LogP contribution in [0.5, 0.6) is 11.5 Å². The topological polar surface area (TPSA) is 72.0 Å². The van der Waals surface area contributed by atoms with E-state index >= 15 is 0 Å². The fraction of sp³-hybridized carbons (Fsp3) is 0.281. The van der Waals surface area contributed by atoms with Gasteiger partial charge >= 0.3 is 0 Å². The zero-order chi connectivity index (χ0) is 26.6. The normalized spacial score (nSPS) is 15.0. The monoisotopic (exact) mass is 521 g/mol. The molecule has 3 aromatic carbocycles. The Bertz CT molecular complexity index is 1490. The molecule has 1 amide bonds. The number of benzene rings is 3. The van der Waals surface area contributed by atoms with E-state index in [1.807, 2.05) is 65.7 Å². The molecule has 0 N–H and O–H groups in total. The van der Waals surface area contributed by atoms with Crippen molar-refractivity contribution in [3.8, 4) is 11.5 Å². The summed E-state index contributed by atoms with van der Waals surface area (Å²) in [5, 5.41) is 2.17. The minimum atomic E-state index is 0.0619. The van der Waals surface area contributed by atoms with Crippen LogP contribution in [0.15, 0.2) is 79.1 Å². The van der Waals surface area contributed by atoms with E-state index < -0.39 is 0 Å². The zero-order valence-corrected chi connectivity index (χ0v) is 21.8. The second kappa shape index (κ2) is 11.3. The number of piperazine rings is 1. The van der Waals surface area contributed by atoms with Crippen LogP contribution in [0.4, 0.5) is 0 Å². The van der Waals surface area contributed by atoms with Gasteiger partial charge in [0.05, 0.1) is 0 Å². The molecule has 39 heavy (non-hydrogen) atoms. The molecular formula is C32H31N3O4. The second-order valence-corrected chi connectivity index (χ2v) is 10.2. The van der Waals surface area contributed by atoms with Crippen molar-refractivity contribution in [1.82, 2.24) is 14.8 Å². The third kappa shape index (κ3) is 5.94. The highest BCUT2D eigenvalue weighted by atomic mass is 16.7. The van der Waals surface area contributed by atoms with Crippen LogP contribution >= 0.6 is 0 Å². The third-order valence-corrected chi connectivity index (χ3v) is 7.50. The van der Waals surface area contributed by atoms with Gasteiger partial charge in [-0.2, -0.15) is 0 Å². The molecule has 1 fully saturated rings. The number of hydrogen-bond donors (Lipinski definition) is 0. The summed E-state index contributed by atoms with van der Waals surface area (Å²) in [6.45, 7) is 4.16. The maximum Gasteiger partial charge on any atom is 0.253 e. The summed E-state index contributed by atoms with van der Waals surface area (Å²) in [6.07, 6.45) is 5.18. The Kier molecular flexibility index (Phi) is 7.23. The lowest BCUT2D eigenvalue weighted by molar-refractivity contribution is -0.118. The molecule has 2 aliphatic rings. The van der Waals surface area contributed by atoms with Gasteiger partial charge < -0.3 is 14.4 Å². The number of aryl methyl sites for hydroxylation is 1. The van der Waals surface area contributed by atoms with Gasteiger partial charge in [-0.25, -0.2) is 0 Å². The zero-order valence-electron chi connectivity index (χ0n) is 21.8. The van der Waals surface area contributed by atoms with E-state index in [-0.39, 0.29) is 18.5 Å². The number of pyridine rings is 1. The maximum absolute atomic E-state index is 13.1. The number of Topliss-reactive ketones (excluding diaryl/α,β-unsaturated/α-hetero) is 1. The fourth-order valence-electron chi connectivity index (χ4n) is 5.25. The van der Waals surface area contributed by atoms with Crippen LogP contribution in [0.3, 0.4) is 0 Å². The lowest BCUT2D eigenvalue weighted by Crippen LogP contribution is -2.48. The summed E-state index contributed by atoms with van der Waals surface area (Å²) in [5.41, 5.74) is 3.97. The summed E-state index contributed by atoms with van der Waals surface area (Å²) >= 11 is 0. The van der Waals surface area contributed by atoms with Crippen LogP contribution in [0.2, 0.25) is 0 Å². The fourth-order valence-corrected chi connectivity index (χ4v) is 5.25. The smallest absolute Gasteiger partial charge is 0.253 e. The van der Waals surface area contributed by atoms with Gasteiger partial charge in [-0.15, -0.1) is 0 Å². The number of hydrogen-bond acceptors (Lipinski definition) is 6. The van der Waals surface area contributed by atoms with Gasteiger partial charge in [0.1, 0.15) is 5.78 Å². The molecule has 7 heteroatoms. The molecule has 1 aromatic heterocycles. The molecule has 1 saturated heterocycles. The molecule has 0 aliphatic carbocycles. The minimum Gasteiger partial charge on any atom is -0.454 e. The van der Waals surface area contributed by atoms with Crippen molar-refractivity contribution in [2.45, 2.75) is 25.8 Å². The van der Waals surface area contributed by atoms with Gasteiger partial charge in [-0.1, -0.05) is 36.4 Å². The molecule has 198 valence electrons. The Morgan fingerprint density at radius 3 is 2.38 bits per heavy atom. The molecule has 0 atom stereocenters. The number of ketones is 1. The first-order valence-corrected chi connectivity index (χ1v) is 13.4. The highest BCUT2D eigenvalue weighted by Crippen LogP contribution is 2.33. The third-order valence-electron chi connectivity index (χ3n) is 7.50. The molecule has 4 aromatic rings. The molecule has 0 unspecified atom stereocenters. The van der Waals surface area contributed by atoms with Crippen molar-refractivity contribution in [3.05, 3.63) is 101 Å². The van der Waals surface area contributed by atoms with E-state index in [1.54, 1.807) is 6.20 Å². The van der Waals surface area contributed by atoms with Gasteiger partial charge in [0, 0.05) is 68.9 Å². The number of aromatic nitrogens is 1. The van der Waals surface area contributed by atoms with Crippen molar-refractivity contribution in [1.29, 1.82) is 0 Å². The highest BCUT2D eigenvalue weighted by Gasteiger charge is 2.23. The van der Waals surface area contributed by atoms with Crippen LogP contribution in [0, 0.1) is 0 Å². The van der Waals surface area contributed by atoms with Crippen LogP contribution < -0.4 is 9.47 Å². The summed E-state index contributed by atoms with van der Waals surface area (Å²) in [4.78, 5) is 34.1. The van der Waals surface area contributed by atoms with Crippen LogP contribution in [0.1, 0.15) is 33.5 Å². The average molecular weight is 522 g/mol. The highest BCUT2D eigenvalue weighted by molar-refractivity contribution is 5.94. The summed E-state index contributed by atoms with van der Waals surface area (Å²) in [7, 11) is 0.